The highest BCUT2D eigenvalue weighted by molar-refractivity contribution is 9.10. The van der Waals surface area contributed by atoms with E-state index in [1.807, 2.05) is 32.0 Å². The maximum Gasteiger partial charge on any atom is 0.174 e. The van der Waals surface area contributed by atoms with Crippen LogP contribution in [0.4, 0.5) is 0 Å². The van der Waals surface area contributed by atoms with Crippen LogP contribution in [0.15, 0.2) is 22.7 Å². The molecule has 2 aromatic rings. The van der Waals surface area contributed by atoms with E-state index in [1.54, 1.807) is 4.68 Å². The second kappa shape index (κ2) is 4.51. The van der Waals surface area contributed by atoms with Crippen LogP contribution in [0.2, 0.25) is 0 Å². The van der Waals surface area contributed by atoms with Crippen molar-refractivity contribution in [1.29, 1.82) is 0 Å². The zero-order chi connectivity index (χ0) is 11.7. The molecule has 0 aliphatic rings. The molecule has 1 atom stereocenters. The van der Waals surface area contributed by atoms with E-state index in [9.17, 15) is 0 Å². The van der Waals surface area contributed by atoms with E-state index in [0.29, 0.717) is 5.82 Å². The van der Waals surface area contributed by atoms with Gasteiger partial charge in [0.15, 0.2) is 5.82 Å². The molecule has 0 fully saturated rings. The van der Waals surface area contributed by atoms with Crippen LogP contribution >= 0.6 is 27.5 Å². The summed E-state index contributed by atoms with van der Waals surface area (Å²) in [5.41, 5.74) is 2.06. The first-order valence-electron chi connectivity index (χ1n) is 4.78. The number of nitrogens with zero attached hydrogens (tertiary/aromatic N) is 4. The quantitative estimate of drug-likeness (QED) is 0.801. The Balaban J connectivity index is 2.50. The second-order valence-corrected chi connectivity index (χ2v) is 5.01. The molecule has 6 heteroatoms. The summed E-state index contributed by atoms with van der Waals surface area (Å²) < 4.78 is 2.66. The Bertz CT molecular complexity index is 509. The molecule has 0 saturated carbocycles. The number of tetrazole rings is 1. The number of aromatic nitrogens is 4. The largest absolute Gasteiger partial charge is 0.196 e. The molecule has 0 saturated heterocycles. The Morgan fingerprint density at radius 3 is 2.81 bits per heavy atom. The summed E-state index contributed by atoms with van der Waals surface area (Å²) in [5.74, 6) is 0.636. The van der Waals surface area contributed by atoms with Crippen LogP contribution in [-0.2, 0) is 0 Å². The summed E-state index contributed by atoms with van der Waals surface area (Å²) >= 11 is 9.47. The molecular formula is C10H10BrClN4. The lowest BCUT2D eigenvalue weighted by atomic mass is 10.2. The van der Waals surface area contributed by atoms with Gasteiger partial charge in [-0.2, -0.15) is 4.68 Å². The molecule has 84 valence electrons. The lowest BCUT2D eigenvalue weighted by Crippen LogP contribution is -2.03. The maximum atomic E-state index is 6.00. The van der Waals surface area contributed by atoms with Gasteiger partial charge in [0.1, 0.15) is 0 Å². The summed E-state index contributed by atoms with van der Waals surface area (Å²) in [7, 11) is 0. The van der Waals surface area contributed by atoms with Gasteiger partial charge in [-0.1, -0.05) is 22.0 Å². The van der Waals surface area contributed by atoms with Crippen LogP contribution in [0, 0.1) is 6.92 Å². The van der Waals surface area contributed by atoms with Gasteiger partial charge in [-0.25, -0.2) is 0 Å². The van der Waals surface area contributed by atoms with Crippen molar-refractivity contribution in [3.8, 4) is 5.69 Å². The Labute approximate surface area is 107 Å². The average molecular weight is 302 g/mol. The molecule has 0 aliphatic heterocycles. The highest BCUT2D eigenvalue weighted by Gasteiger charge is 2.13. The van der Waals surface area contributed by atoms with E-state index in [4.69, 9.17) is 11.6 Å². The number of benzene rings is 1. The number of aryl methyl sites for hydroxylation is 1. The van der Waals surface area contributed by atoms with Crippen molar-refractivity contribution in [3.05, 3.63) is 34.1 Å². The predicted molar refractivity (Wildman–Crippen MR) is 65.9 cm³/mol. The second-order valence-electron chi connectivity index (χ2n) is 3.50. The highest BCUT2D eigenvalue weighted by Crippen LogP contribution is 2.23. The van der Waals surface area contributed by atoms with Gasteiger partial charge in [-0.15, -0.1) is 16.7 Å². The molecule has 1 aromatic heterocycles. The van der Waals surface area contributed by atoms with Crippen LogP contribution in [0.25, 0.3) is 5.69 Å². The van der Waals surface area contributed by atoms with Crippen molar-refractivity contribution < 1.29 is 0 Å². The van der Waals surface area contributed by atoms with Gasteiger partial charge in [0.2, 0.25) is 0 Å². The zero-order valence-electron chi connectivity index (χ0n) is 8.85. The summed E-state index contributed by atoms with van der Waals surface area (Å²) in [4.78, 5) is 0. The molecule has 16 heavy (non-hydrogen) atoms. The number of halogens is 2. The third-order valence-electron chi connectivity index (χ3n) is 2.25. The summed E-state index contributed by atoms with van der Waals surface area (Å²) in [6.45, 7) is 3.87. The number of rotatable bonds is 2. The Morgan fingerprint density at radius 2 is 2.19 bits per heavy atom. The average Bonchev–Trinajstić information content (AvgIpc) is 2.71. The Hall–Kier alpha value is -0.940. The van der Waals surface area contributed by atoms with E-state index < -0.39 is 0 Å². The van der Waals surface area contributed by atoms with Gasteiger partial charge in [0, 0.05) is 4.47 Å². The topological polar surface area (TPSA) is 43.6 Å². The maximum absolute atomic E-state index is 6.00. The van der Waals surface area contributed by atoms with Crippen molar-refractivity contribution in [2.24, 2.45) is 0 Å². The van der Waals surface area contributed by atoms with E-state index in [0.717, 1.165) is 15.7 Å². The minimum atomic E-state index is -0.227. The fraction of sp³-hybridized carbons (Fsp3) is 0.300. The molecule has 0 aliphatic carbocycles. The third kappa shape index (κ3) is 2.10. The van der Waals surface area contributed by atoms with E-state index in [1.165, 1.54) is 0 Å². The zero-order valence-corrected chi connectivity index (χ0v) is 11.2. The van der Waals surface area contributed by atoms with Crippen LogP contribution in [0.5, 0.6) is 0 Å². The van der Waals surface area contributed by atoms with Crippen LogP contribution in [0.3, 0.4) is 0 Å². The van der Waals surface area contributed by atoms with Crippen molar-refractivity contribution in [3.63, 3.8) is 0 Å². The highest BCUT2D eigenvalue weighted by atomic mass is 79.9. The number of hydrogen-bond donors (Lipinski definition) is 0. The lowest BCUT2D eigenvalue weighted by molar-refractivity contribution is 0.760. The predicted octanol–water partition coefficient (Wildman–Crippen LogP) is 3.03. The van der Waals surface area contributed by atoms with Crippen molar-refractivity contribution in [1.82, 2.24) is 20.2 Å². The van der Waals surface area contributed by atoms with Gasteiger partial charge >= 0.3 is 0 Å². The fourth-order valence-electron chi connectivity index (χ4n) is 1.34. The first-order chi connectivity index (χ1) is 7.59. The molecule has 1 aromatic carbocycles. The Morgan fingerprint density at radius 1 is 1.44 bits per heavy atom. The van der Waals surface area contributed by atoms with E-state index in [-0.39, 0.29) is 5.38 Å². The first-order valence-corrected chi connectivity index (χ1v) is 6.01. The molecule has 0 spiro atoms. The minimum absolute atomic E-state index is 0.227. The van der Waals surface area contributed by atoms with Crippen molar-refractivity contribution in [2.75, 3.05) is 0 Å². The van der Waals surface area contributed by atoms with E-state index >= 15 is 0 Å². The van der Waals surface area contributed by atoms with Crippen LogP contribution < -0.4 is 0 Å². The van der Waals surface area contributed by atoms with Crippen LogP contribution in [-0.4, -0.2) is 20.2 Å². The van der Waals surface area contributed by atoms with Gasteiger partial charge < -0.3 is 0 Å². The van der Waals surface area contributed by atoms with Crippen LogP contribution in [0.1, 0.15) is 23.7 Å². The smallest absolute Gasteiger partial charge is 0.174 e. The number of hydrogen-bond acceptors (Lipinski definition) is 3. The van der Waals surface area contributed by atoms with E-state index in [2.05, 4.69) is 31.5 Å². The van der Waals surface area contributed by atoms with Gasteiger partial charge in [0.25, 0.3) is 0 Å². The minimum Gasteiger partial charge on any atom is -0.196 e. The monoisotopic (exact) mass is 300 g/mol. The fourth-order valence-corrected chi connectivity index (χ4v) is 1.84. The molecule has 2 rings (SSSR count). The molecule has 1 unspecified atom stereocenters. The summed E-state index contributed by atoms with van der Waals surface area (Å²) in [6, 6.07) is 5.93. The molecule has 0 radical (unpaired) electrons. The molecule has 0 bridgehead atoms. The van der Waals surface area contributed by atoms with Crippen molar-refractivity contribution in [2.45, 2.75) is 19.2 Å². The van der Waals surface area contributed by atoms with Gasteiger partial charge in [-0.3, -0.25) is 0 Å². The normalized spacial score (nSPS) is 12.8. The standard InChI is InChI=1S/C10H10BrClN4/c1-6-3-4-8(5-9(6)11)16-10(7(2)12)13-14-15-16/h3-5,7H,1-2H3. The molecule has 0 N–H and O–H groups in total. The molecule has 4 nitrogen and oxygen atoms in total. The molecule has 0 amide bonds. The number of alkyl halides is 1. The van der Waals surface area contributed by atoms with Gasteiger partial charge in [0.05, 0.1) is 11.1 Å². The molecule has 1 heterocycles. The Kier molecular flexibility index (Phi) is 3.25. The summed E-state index contributed by atoms with van der Waals surface area (Å²) in [5, 5.41) is 11.2. The van der Waals surface area contributed by atoms with Gasteiger partial charge in [-0.05, 0) is 42.0 Å². The molecular weight excluding hydrogens is 291 g/mol. The van der Waals surface area contributed by atoms with Crippen molar-refractivity contribution >= 4 is 27.5 Å². The third-order valence-corrected chi connectivity index (χ3v) is 3.30. The SMILES string of the molecule is Cc1ccc(-n2nnnc2C(C)Cl)cc1Br. The lowest BCUT2D eigenvalue weighted by Gasteiger charge is -2.07. The summed E-state index contributed by atoms with van der Waals surface area (Å²) in [6.07, 6.45) is 0. The first kappa shape index (κ1) is 11.5.